The molecule has 0 fully saturated rings. The van der Waals surface area contributed by atoms with Gasteiger partial charge in [0.05, 0.1) is 18.3 Å². The third kappa shape index (κ3) is 1.78. The van der Waals surface area contributed by atoms with Gasteiger partial charge in [-0.3, -0.25) is 9.36 Å². The molecular weight excluding hydrogens is 246 g/mol. The highest BCUT2D eigenvalue weighted by molar-refractivity contribution is 7.16. The van der Waals surface area contributed by atoms with Crippen molar-refractivity contribution in [3.05, 3.63) is 58.0 Å². The third-order valence-corrected chi connectivity index (χ3v) is 3.67. The molecule has 0 aliphatic rings. The maximum Gasteiger partial charge on any atom is 0.262 e. The average molecular weight is 257 g/mol. The van der Waals surface area contributed by atoms with Crippen molar-refractivity contribution in [2.75, 3.05) is 5.73 Å². The fourth-order valence-corrected chi connectivity index (χ4v) is 2.59. The monoisotopic (exact) mass is 257 g/mol. The second kappa shape index (κ2) is 4.27. The standard InChI is InChI=1S/C13H11N3OS/c14-11-4-2-1-3-9(11)7-16-8-15-12-10(13(16)17)5-6-18-12/h1-6,8H,7,14H2. The predicted octanol–water partition coefficient (Wildman–Crippen LogP) is 2.09. The lowest BCUT2D eigenvalue weighted by atomic mass is 10.2. The SMILES string of the molecule is Nc1ccccc1Cn1cnc2sccc2c1=O. The Morgan fingerprint density at radius 2 is 2.11 bits per heavy atom. The molecular formula is C13H11N3OS. The van der Waals surface area contributed by atoms with Crippen molar-refractivity contribution in [2.45, 2.75) is 6.54 Å². The average Bonchev–Trinajstić information content (AvgIpc) is 2.84. The van der Waals surface area contributed by atoms with Crippen LogP contribution in [0.3, 0.4) is 0 Å². The van der Waals surface area contributed by atoms with E-state index < -0.39 is 0 Å². The normalized spacial score (nSPS) is 10.9. The number of fused-ring (bicyclic) bond motifs is 1. The molecule has 0 radical (unpaired) electrons. The number of para-hydroxylation sites is 1. The Kier molecular flexibility index (Phi) is 2.60. The van der Waals surface area contributed by atoms with Crippen LogP contribution in [0.4, 0.5) is 5.69 Å². The molecule has 0 atom stereocenters. The molecule has 0 amide bonds. The number of nitrogen functional groups attached to an aromatic ring is 1. The number of rotatable bonds is 2. The second-order valence-corrected chi connectivity index (χ2v) is 4.91. The van der Waals surface area contributed by atoms with Crippen LogP contribution >= 0.6 is 11.3 Å². The zero-order valence-electron chi connectivity index (χ0n) is 9.54. The highest BCUT2D eigenvalue weighted by Gasteiger charge is 2.06. The highest BCUT2D eigenvalue weighted by Crippen LogP contribution is 2.15. The topological polar surface area (TPSA) is 60.9 Å². The Hall–Kier alpha value is -2.14. The molecule has 0 saturated heterocycles. The van der Waals surface area contributed by atoms with Crippen LogP contribution < -0.4 is 11.3 Å². The molecule has 0 bridgehead atoms. The molecule has 0 spiro atoms. The van der Waals surface area contributed by atoms with E-state index in [0.29, 0.717) is 17.6 Å². The number of nitrogens with zero attached hydrogens (tertiary/aromatic N) is 2. The fraction of sp³-hybridized carbons (Fsp3) is 0.0769. The molecule has 5 heteroatoms. The van der Waals surface area contributed by atoms with Crippen LogP contribution in [0.15, 0.2) is 46.8 Å². The second-order valence-electron chi connectivity index (χ2n) is 4.02. The summed E-state index contributed by atoms with van der Waals surface area (Å²) in [7, 11) is 0. The molecule has 0 unspecified atom stereocenters. The Labute approximate surface area is 107 Å². The molecule has 3 rings (SSSR count). The van der Waals surface area contributed by atoms with Crippen molar-refractivity contribution in [1.82, 2.24) is 9.55 Å². The van der Waals surface area contributed by atoms with Crippen LogP contribution in [0.1, 0.15) is 5.56 Å². The van der Waals surface area contributed by atoms with Crippen molar-refractivity contribution >= 4 is 27.2 Å². The summed E-state index contributed by atoms with van der Waals surface area (Å²) in [5.41, 5.74) is 7.47. The van der Waals surface area contributed by atoms with Gasteiger partial charge in [-0.25, -0.2) is 4.98 Å². The number of benzene rings is 1. The van der Waals surface area contributed by atoms with E-state index in [1.165, 1.54) is 11.3 Å². The number of hydrogen-bond donors (Lipinski definition) is 1. The van der Waals surface area contributed by atoms with Gasteiger partial charge in [-0.2, -0.15) is 0 Å². The number of hydrogen-bond acceptors (Lipinski definition) is 4. The van der Waals surface area contributed by atoms with E-state index in [2.05, 4.69) is 4.98 Å². The fourth-order valence-electron chi connectivity index (χ4n) is 1.87. The van der Waals surface area contributed by atoms with Gasteiger partial charge in [-0.1, -0.05) is 18.2 Å². The van der Waals surface area contributed by atoms with Gasteiger partial charge in [-0.15, -0.1) is 11.3 Å². The summed E-state index contributed by atoms with van der Waals surface area (Å²) in [6.45, 7) is 0.449. The van der Waals surface area contributed by atoms with Crippen LogP contribution in [0.5, 0.6) is 0 Å². The molecule has 0 saturated carbocycles. The van der Waals surface area contributed by atoms with E-state index in [4.69, 9.17) is 5.73 Å². The lowest BCUT2D eigenvalue weighted by Crippen LogP contribution is -2.20. The highest BCUT2D eigenvalue weighted by atomic mass is 32.1. The minimum Gasteiger partial charge on any atom is -0.398 e. The third-order valence-electron chi connectivity index (χ3n) is 2.85. The van der Waals surface area contributed by atoms with Gasteiger partial charge >= 0.3 is 0 Å². The largest absolute Gasteiger partial charge is 0.398 e. The number of anilines is 1. The zero-order valence-corrected chi connectivity index (χ0v) is 10.4. The molecule has 2 aromatic heterocycles. The van der Waals surface area contributed by atoms with Gasteiger partial charge in [0, 0.05) is 5.69 Å². The van der Waals surface area contributed by atoms with Gasteiger partial charge in [0.2, 0.25) is 0 Å². The summed E-state index contributed by atoms with van der Waals surface area (Å²) in [4.78, 5) is 17.2. The molecule has 3 aromatic rings. The molecule has 4 nitrogen and oxygen atoms in total. The first-order valence-electron chi connectivity index (χ1n) is 5.52. The number of thiophene rings is 1. The first kappa shape index (κ1) is 11.0. The summed E-state index contributed by atoms with van der Waals surface area (Å²) >= 11 is 1.47. The van der Waals surface area contributed by atoms with Crippen LogP contribution in [0, 0.1) is 0 Å². The van der Waals surface area contributed by atoms with Gasteiger partial charge in [-0.05, 0) is 23.1 Å². The summed E-state index contributed by atoms with van der Waals surface area (Å²) in [5, 5.41) is 2.54. The van der Waals surface area contributed by atoms with Crippen LogP contribution in [0.2, 0.25) is 0 Å². The van der Waals surface area contributed by atoms with Crippen molar-refractivity contribution in [3.63, 3.8) is 0 Å². The summed E-state index contributed by atoms with van der Waals surface area (Å²) in [6.07, 6.45) is 1.58. The van der Waals surface area contributed by atoms with E-state index in [1.54, 1.807) is 17.0 Å². The van der Waals surface area contributed by atoms with Crippen molar-refractivity contribution in [3.8, 4) is 0 Å². The van der Waals surface area contributed by atoms with Crippen LogP contribution in [-0.4, -0.2) is 9.55 Å². The predicted molar refractivity (Wildman–Crippen MR) is 73.8 cm³/mol. The lowest BCUT2D eigenvalue weighted by molar-refractivity contribution is 0.751. The molecule has 1 aromatic carbocycles. The Balaban J connectivity index is 2.08. The minimum atomic E-state index is -0.0236. The molecule has 18 heavy (non-hydrogen) atoms. The first-order valence-corrected chi connectivity index (χ1v) is 6.40. The molecule has 0 aliphatic heterocycles. The summed E-state index contributed by atoms with van der Waals surface area (Å²) in [5.74, 6) is 0. The van der Waals surface area contributed by atoms with E-state index in [9.17, 15) is 4.79 Å². The summed E-state index contributed by atoms with van der Waals surface area (Å²) in [6, 6.07) is 9.34. The molecule has 2 N–H and O–H groups in total. The van der Waals surface area contributed by atoms with Crippen molar-refractivity contribution in [2.24, 2.45) is 0 Å². The van der Waals surface area contributed by atoms with Crippen LogP contribution in [0.25, 0.3) is 10.2 Å². The number of nitrogens with two attached hydrogens (primary N) is 1. The Morgan fingerprint density at radius 3 is 2.94 bits per heavy atom. The maximum absolute atomic E-state index is 12.2. The quantitative estimate of drug-likeness (QED) is 0.715. The maximum atomic E-state index is 12.2. The molecule has 0 aliphatic carbocycles. The Morgan fingerprint density at radius 1 is 1.28 bits per heavy atom. The van der Waals surface area contributed by atoms with Crippen molar-refractivity contribution in [1.29, 1.82) is 0 Å². The van der Waals surface area contributed by atoms with E-state index >= 15 is 0 Å². The van der Waals surface area contributed by atoms with Crippen molar-refractivity contribution < 1.29 is 0 Å². The van der Waals surface area contributed by atoms with Gasteiger partial charge < -0.3 is 5.73 Å². The van der Waals surface area contributed by atoms with E-state index in [-0.39, 0.29) is 5.56 Å². The Bertz CT molecular complexity index is 760. The zero-order chi connectivity index (χ0) is 12.5. The lowest BCUT2D eigenvalue weighted by Gasteiger charge is -2.07. The first-order chi connectivity index (χ1) is 8.75. The van der Waals surface area contributed by atoms with E-state index in [0.717, 1.165) is 10.4 Å². The molecule has 2 heterocycles. The summed E-state index contributed by atoms with van der Waals surface area (Å²) < 4.78 is 1.58. The van der Waals surface area contributed by atoms with Gasteiger partial charge in [0.25, 0.3) is 5.56 Å². The minimum absolute atomic E-state index is 0.0236. The van der Waals surface area contributed by atoms with E-state index in [1.807, 2.05) is 29.6 Å². The molecule has 90 valence electrons. The van der Waals surface area contributed by atoms with Gasteiger partial charge in [0.1, 0.15) is 4.83 Å². The smallest absolute Gasteiger partial charge is 0.262 e. The number of aromatic nitrogens is 2. The van der Waals surface area contributed by atoms with Gasteiger partial charge in [0.15, 0.2) is 0 Å². The van der Waals surface area contributed by atoms with Crippen LogP contribution in [-0.2, 0) is 6.54 Å².